The molecule has 37 heavy (non-hydrogen) atoms. The van der Waals surface area contributed by atoms with Crippen molar-refractivity contribution in [1.82, 2.24) is 29.4 Å². The Morgan fingerprint density at radius 3 is 2.62 bits per heavy atom. The molecule has 0 unspecified atom stereocenters. The average Bonchev–Trinajstić information content (AvgIpc) is 3.20. The van der Waals surface area contributed by atoms with Gasteiger partial charge in [0.1, 0.15) is 17.1 Å². The molecular weight excluding hydrogens is 500 g/mol. The van der Waals surface area contributed by atoms with Gasteiger partial charge in [-0.05, 0) is 37.1 Å². The van der Waals surface area contributed by atoms with E-state index in [0.29, 0.717) is 61.7 Å². The highest BCUT2D eigenvalue weighted by Gasteiger charge is 2.29. The highest BCUT2D eigenvalue weighted by molar-refractivity contribution is 7.89. The maximum atomic E-state index is 13.5. The highest BCUT2D eigenvalue weighted by Crippen LogP contribution is 2.32. The zero-order valence-corrected chi connectivity index (χ0v) is 22.1. The minimum absolute atomic E-state index is 0.0999. The van der Waals surface area contributed by atoms with Crippen molar-refractivity contribution in [2.75, 3.05) is 45.9 Å². The van der Waals surface area contributed by atoms with Crippen LogP contribution in [0.1, 0.15) is 25.8 Å². The standard InChI is InChI=1S/C24H33N6O6S/c1-4-6-17-16-28(3)22-21(17)25-23(26-24(22)31)19-15-18(7-8-20(19)35-5-2)37(33,34)30-11-9-29(10-12-30)13-14-36-27-32/h7-8,15-16,27H,4-6,9-14H2,1-3H3,(H,25,26,31)/q-1. The Morgan fingerprint density at radius 2 is 1.95 bits per heavy atom. The SMILES string of the molecule is CCCc1cn(C)c2c(=O)[nH]c(-c3cc(S(=O)(=O)N4CCN(CCON[O-])CC4)ccc3OCC)nc12. The largest absolute Gasteiger partial charge is 0.765 e. The number of hydrogen-bond acceptors (Lipinski definition) is 9. The fraction of sp³-hybridized carbons (Fsp3) is 0.500. The van der Waals surface area contributed by atoms with Gasteiger partial charge in [-0.2, -0.15) is 4.31 Å². The maximum absolute atomic E-state index is 13.5. The van der Waals surface area contributed by atoms with Crippen molar-refractivity contribution in [3.05, 3.63) is 45.5 Å². The molecule has 4 rings (SSSR count). The van der Waals surface area contributed by atoms with Crippen LogP contribution in [0.4, 0.5) is 0 Å². The van der Waals surface area contributed by atoms with Gasteiger partial charge in [-0.1, -0.05) is 13.3 Å². The summed E-state index contributed by atoms with van der Waals surface area (Å²) in [6.45, 7) is 6.66. The molecule has 12 nitrogen and oxygen atoms in total. The first kappa shape index (κ1) is 27.2. The summed E-state index contributed by atoms with van der Waals surface area (Å²) >= 11 is 0. The lowest BCUT2D eigenvalue weighted by atomic mass is 10.1. The van der Waals surface area contributed by atoms with Crippen LogP contribution in [0, 0.1) is 5.21 Å². The van der Waals surface area contributed by atoms with Crippen LogP contribution in [0.5, 0.6) is 5.75 Å². The number of benzene rings is 1. The lowest BCUT2D eigenvalue weighted by Gasteiger charge is -2.34. The number of piperazine rings is 1. The van der Waals surface area contributed by atoms with Crippen LogP contribution >= 0.6 is 0 Å². The summed E-state index contributed by atoms with van der Waals surface area (Å²) in [7, 11) is -1.99. The topological polar surface area (TPSA) is 145 Å². The molecule has 1 aliphatic rings. The number of H-pyrrole nitrogens is 1. The van der Waals surface area contributed by atoms with Crippen molar-refractivity contribution in [2.24, 2.45) is 7.05 Å². The van der Waals surface area contributed by atoms with Gasteiger partial charge in [0.15, 0.2) is 0 Å². The molecule has 1 aliphatic heterocycles. The minimum Gasteiger partial charge on any atom is -0.765 e. The van der Waals surface area contributed by atoms with E-state index in [9.17, 15) is 18.4 Å². The van der Waals surface area contributed by atoms with Crippen molar-refractivity contribution in [2.45, 2.75) is 31.6 Å². The summed E-state index contributed by atoms with van der Waals surface area (Å²) in [5.74, 6) is 0.701. The molecule has 0 aliphatic carbocycles. The molecule has 0 saturated carbocycles. The Balaban J connectivity index is 1.69. The number of sulfonamides is 1. The van der Waals surface area contributed by atoms with Crippen LogP contribution in [0.3, 0.4) is 0 Å². The molecule has 3 aromatic rings. The summed E-state index contributed by atoms with van der Waals surface area (Å²) < 4.78 is 36.0. The van der Waals surface area contributed by atoms with Crippen LogP contribution in [0.25, 0.3) is 22.4 Å². The molecule has 0 spiro atoms. The van der Waals surface area contributed by atoms with Gasteiger partial charge in [0, 0.05) is 46.0 Å². The summed E-state index contributed by atoms with van der Waals surface area (Å²) in [5, 5.41) is 10.2. The fourth-order valence-corrected chi connectivity index (χ4v) is 6.10. The van der Waals surface area contributed by atoms with E-state index < -0.39 is 10.0 Å². The smallest absolute Gasteiger partial charge is 0.275 e. The number of aromatic nitrogens is 3. The van der Waals surface area contributed by atoms with Gasteiger partial charge in [0.05, 0.1) is 29.2 Å². The van der Waals surface area contributed by atoms with Crippen LogP contribution in [-0.4, -0.2) is 78.1 Å². The van der Waals surface area contributed by atoms with Crippen molar-refractivity contribution < 1.29 is 18.0 Å². The number of nitrogens with zero attached hydrogens (tertiary/aromatic N) is 4. The van der Waals surface area contributed by atoms with Gasteiger partial charge in [0.2, 0.25) is 10.0 Å². The molecule has 202 valence electrons. The summed E-state index contributed by atoms with van der Waals surface area (Å²) in [4.78, 5) is 27.4. The maximum Gasteiger partial charge on any atom is 0.275 e. The molecule has 1 fully saturated rings. The van der Waals surface area contributed by atoms with E-state index in [4.69, 9.17) is 9.72 Å². The van der Waals surface area contributed by atoms with Gasteiger partial charge in [-0.25, -0.2) is 13.4 Å². The van der Waals surface area contributed by atoms with Gasteiger partial charge in [-0.3, -0.25) is 15.3 Å². The molecule has 1 aromatic carbocycles. The molecule has 0 radical (unpaired) electrons. The quantitative estimate of drug-likeness (QED) is 0.277. The van der Waals surface area contributed by atoms with Gasteiger partial charge in [0.25, 0.3) is 5.56 Å². The first-order chi connectivity index (χ1) is 17.8. The van der Waals surface area contributed by atoms with Crippen LogP contribution in [0.15, 0.2) is 34.1 Å². The zero-order valence-electron chi connectivity index (χ0n) is 21.3. The third-order valence-corrected chi connectivity index (χ3v) is 8.36. The summed E-state index contributed by atoms with van der Waals surface area (Å²) in [5.41, 5.74) is 3.55. The Labute approximate surface area is 215 Å². The number of aryl methyl sites for hydroxylation is 2. The number of nitrogens with one attached hydrogen (secondary N) is 2. The van der Waals surface area contributed by atoms with E-state index in [0.717, 1.165) is 18.4 Å². The van der Waals surface area contributed by atoms with E-state index in [2.05, 4.69) is 16.7 Å². The molecule has 0 bridgehead atoms. The van der Waals surface area contributed by atoms with E-state index in [1.54, 1.807) is 10.6 Å². The number of aromatic amines is 1. The summed E-state index contributed by atoms with van der Waals surface area (Å²) in [6, 6.07) is 4.65. The molecule has 1 saturated heterocycles. The lowest BCUT2D eigenvalue weighted by molar-refractivity contribution is 0.0455. The molecule has 13 heteroatoms. The van der Waals surface area contributed by atoms with Crippen molar-refractivity contribution >= 4 is 21.1 Å². The molecule has 0 amide bonds. The van der Waals surface area contributed by atoms with Gasteiger partial charge >= 0.3 is 0 Å². The Bertz CT molecular complexity index is 1390. The molecule has 0 atom stereocenters. The van der Waals surface area contributed by atoms with Crippen LogP contribution in [-0.2, 0) is 28.3 Å². The number of rotatable bonds is 11. The van der Waals surface area contributed by atoms with E-state index >= 15 is 0 Å². The molecular formula is C24H33N6O6S-. The predicted molar refractivity (Wildman–Crippen MR) is 140 cm³/mol. The van der Waals surface area contributed by atoms with Crippen LogP contribution < -0.4 is 15.9 Å². The summed E-state index contributed by atoms with van der Waals surface area (Å²) in [6.07, 6.45) is 3.58. The number of hydrogen-bond donors (Lipinski definition) is 2. The third-order valence-electron chi connectivity index (χ3n) is 6.46. The van der Waals surface area contributed by atoms with Crippen molar-refractivity contribution in [3.8, 4) is 17.1 Å². The van der Waals surface area contributed by atoms with E-state index in [-0.39, 0.29) is 22.9 Å². The van der Waals surface area contributed by atoms with Crippen LogP contribution in [0.2, 0.25) is 0 Å². The van der Waals surface area contributed by atoms with Crippen molar-refractivity contribution in [1.29, 1.82) is 0 Å². The average molecular weight is 534 g/mol. The van der Waals surface area contributed by atoms with Gasteiger partial charge in [-0.15, -0.1) is 0 Å². The zero-order chi connectivity index (χ0) is 26.6. The second-order valence-corrected chi connectivity index (χ2v) is 10.8. The Hall–Kier alpha value is -2.81. The number of ether oxygens (including phenoxy) is 1. The first-order valence-electron chi connectivity index (χ1n) is 12.4. The van der Waals surface area contributed by atoms with Gasteiger partial charge < -0.3 is 24.3 Å². The van der Waals surface area contributed by atoms with E-state index in [1.165, 1.54) is 22.1 Å². The van der Waals surface area contributed by atoms with E-state index in [1.807, 2.05) is 25.1 Å². The molecule has 2 N–H and O–H groups in total. The number of fused-ring (bicyclic) bond motifs is 1. The Kier molecular flexibility index (Phi) is 8.62. The monoisotopic (exact) mass is 533 g/mol. The normalized spacial score (nSPS) is 15.5. The second-order valence-electron chi connectivity index (χ2n) is 8.90. The second kappa shape index (κ2) is 11.7. The first-order valence-corrected chi connectivity index (χ1v) is 13.8. The fourth-order valence-electron chi connectivity index (χ4n) is 4.65. The van der Waals surface area contributed by atoms with Crippen molar-refractivity contribution in [3.63, 3.8) is 0 Å². The highest BCUT2D eigenvalue weighted by atomic mass is 32.2. The lowest BCUT2D eigenvalue weighted by Crippen LogP contribution is -2.49. The third kappa shape index (κ3) is 5.71. The Morgan fingerprint density at radius 1 is 1.19 bits per heavy atom. The molecule has 2 aromatic heterocycles. The molecule has 3 heterocycles. The predicted octanol–water partition coefficient (Wildman–Crippen LogP) is 1.61. The minimum atomic E-state index is -3.80.